The molecule has 0 saturated carbocycles. The summed E-state index contributed by atoms with van der Waals surface area (Å²) in [5.74, 6) is 0.344. The molecule has 1 saturated heterocycles. The molecule has 1 heterocycles. The molecular formula is C12H23NO2. The summed E-state index contributed by atoms with van der Waals surface area (Å²) in [6.45, 7) is 7.00. The lowest BCUT2D eigenvalue weighted by Gasteiger charge is -2.22. The van der Waals surface area contributed by atoms with Crippen molar-refractivity contribution in [1.29, 1.82) is 0 Å². The minimum Gasteiger partial charge on any atom is -0.376 e. The van der Waals surface area contributed by atoms with E-state index in [-0.39, 0.29) is 24.0 Å². The first-order chi connectivity index (χ1) is 7.19. The fourth-order valence-corrected chi connectivity index (χ4v) is 2.09. The summed E-state index contributed by atoms with van der Waals surface area (Å²) in [4.78, 5) is 11.8. The van der Waals surface area contributed by atoms with E-state index in [1.807, 2.05) is 6.92 Å². The molecule has 1 aliphatic rings. The van der Waals surface area contributed by atoms with Crippen LogP contribution in [0.25, 0.3) is 0 Å². The van der Waals surface area contributed by atoms with E-state index in [1.165, 1.54) is 0 Å². The molecule has 0 aromatic heterocycles. The zero-order valence-electron chi connectivity index (χ0n) is 10.1. The van der Waals surface area contributed by atoms with Gasteiger partial charge < -0.3 is 10.1 Å². The van der Waals surface area contributed by atoms with Gasteiger partial charge in [-0.05, 0) is 32.6 Å². The second kappa shape index (κ2) is 6.11. The number of carbonyl (C=O) groups is 1. The number of nitrogens with one attached hydrogen (secondary N) is 1. The summed E-state index contributed by atoms with van der Waals surface area (Å²) in [5, 5.41) is 3.06. The Morgan fingerprint density at radius 1 is 1.47 bits per heavy atom. The summed E-state index contributed by atoms with van der Waals surface area (Å²) >= 11 is 0. The Bertz CT molecular complexity index is 196. The maximum absolute atomic E-state index is 11.8. The third-order valence-electron chi connectivity index (χ3n) is 3.25. The Kier molecular flexibility index (Phi) is 5.09. The van der Waals surface area contributed by atoms with Gasteiger partial charge in [0.05, 0.1) is 12.1 Å². The summed E-state index contributed by atoms with van der Waals surface area (Å²) < 4.78 is 5.55. The Hall–Kier alpha value is -0.570. The van der Waals surface area contributed by atoms with E-state index < -0.39 is 0 Å². The predicted molar refractivity (Wildman–Crippen MR) is 60.7 cm³/mol. The molecule has 3 nitrogen and oxygen atoms in total. The van der Waals surface area contributed by atoms with Crippen molar-refractivity contribution in [3.05, 3.63) is 0 Å². The van der Waals surface area contributed by atoms with Crippen LogP contribution < -0.4 is 5.32 Å². The van der Waals surface area contributed by atoms with Crippen molar-refractivity contribution in [3.63, 3.8) is 0 Å². The van der Waals surface area contributed by atoms with Crippen LogP contribution in [0, 0.1) is 5.92 Å². The Labute approximate surface area is 92.6 Å². The fraction of sp³-hybridized carbons (Fsp3) is 0.917. The van der Waals surface area contributed by atoms with Gasteiger partial charge in [0.2, 0.25) is 5.91 Å². The maximum atomic E-state index is 11.8. The van der Waals surface area contributed by atoms with Crippen molar-refractivity contribution in [2.24, 2.45) is 5.92 Å². The summed E-state index contributed by atoms with van der Waals surface area (Å²) in [6, 6.07) is 0.153. The van der Waals surface area contributed by atoms with E-state index in [0.29, 0.717) is 0 Å². The first-order valence-electron chi connectivity index (χ1n) is 6.11. The molecule has 3 heteroatoms. The molecule has 0 radical (unpaired) electrons. The number of hydrogen-bond acceptors (Lipinski definition) is 2. The van der Waals surface area contributed by atoms with Crippen LogP contribution in [0.15, 0.2) is 0 Å². The monoisotopic (exact) mass is 213 g/mol. The highest BCUT2D eigenvalue weighted by atomic mass is 16.5. The van der Waals surface area contributed by atoms with Crippen molar-refractivity contribution in [2.75, 3.05) is 6.61 Å². The van der Waals surface area contributed by atoms with Crippen LogP contribution in [0.4, 0.5) is 0 Å². The molecular weight excluding hydrogens is 190 g/mol. The van der Waals surface area contributed by atoms with Gasteiger partial charge in [0.1, 0.15) is 0 Å². The molecule has 15 heavy (non-hydrogen) atoms. The zero-order chi connectivity index (χ0) is 11.3. The summed E-state index contributed by atoms with van der Waals surface area (Å²) in [7, 11) is 0. The quantitative estimate of drug-likeness (QED) is 0.759. The van der Waals surface area contributed by atoms with Crippen LogP contribution >= 0.6 is 0 Å². The van der Waals surface area contributed by atoms with Crippen molar-refractivity contribution in [1.82, 2.24) is 5.32 Å². The number of amides is 1. The third-order valence-corrected chi connectivity index (χ3v) is 3.25. The molecule has 88 valence electrons. The summed E-state index contributed by atoms with van der Waals surface area (Å²) in [6.07, 6.45) is 4.25. The first kappa shape index (κ1) is 12.5. The highest BCUT2D eigenvalue weighted by Crippen LogP contribution is 2.16. The number of ether oxygens (including phenoxy) is 1. The normalized spacial score (nSPS) is 23.1. The number of carbonyl (C=O) groups excluding carboxylic acids is 1. The molecule has 0 aromatic rings. The molecule has 0 aliphatic carbocycles. The smallest absolute Gasteiger partial charge is 0.223 e. The Morgan fingerprint density at radius 2 is 2.13 bits per heavy atom. The molecule has 1 fully saturated rings. The molecule has 0 aromatic carbocycles. The lowest BCUT2D eigenvalue weighted by Crippen LogP contribution is -2.43. The van der Waals surface area contributed by atoms with Gasteiger partial charge in [-0.2, -0.15) is 0 Å². The Morgan fingerprint density at radius 3 is 2.60 bits per heavy atom. The van der Waals surface area contributed by atoms with Crippen LogP contribution in [-0.4, -0.2) is 24.7 Å². The van der Waals surface area contributed by atoms with E-state index in [9.17, 15) is 4.79 Å². The minimum absolute atomic E-state index is 0.153. The van der Waals surface area contributed by atoms with Gasteiger partial charge in [0.25, 0.3) is 0 Å². The molecule has 2 atom stereocenters. The van der Waals surface area contributed by atoms with Gasteiger partial charge in [-0.25, -0.2) is 0 Å². The molecule has 2 unspecified atom stereocenters. The Balaban J connectivity index is 2.35. The van der Waals surface area contributed by atoms with Crippen molar-refractivity contribution < 1.29 is 9.53 Å². The van der Waals surface area contributed by atoms with Crippen LogP contribution in [0.2, 0.25) is 0 Å². The van der Waals surface area contributed by atoms with Gasteiger partial charge in [-0.1, -0.05) is 13.8 Å². The van der Waals surface area contributed by atoms with Gasteiger partial charge >= 0.3 is 0 Å². The van der Waals surface area contributed by atoms with Gasteiger partial charge in [-0.15, -0.1) is 0 Å². The molecule has 0 bridgehead atoms. The molecule has 1 aliphatic heterocycles. The number of hydrogen-bond donors (Lipinski definition) is 1. The van der Waals surface area contributed by atoms with Crippen LogP contribution in [0.3, 0.4) is 0 Å². The van der Waals surface area contributed by atoms with Gasteiger partial charge in [0, 0.05) is 12.5 Å². The highest BCUT2D eigenvalue weighted by Gasteiger charge is 2.25. The average molecular weight is 213 g/mol. The van der Waals surface area contributed by atoms with Crippen molar-refractivity contribution >= 4 is 5.91 Å². The highest BCUT2D eigenvalue weighted by molar-refractivity contribution is 5.78. The minimum atomic E-state index is 0.153. The van der Waals surface area contributed by atoms with Crippen LogP contribution in [-0.2, 0) is 9.53 Å². The van der Waals surface area contributed by atoms with E-state index in [1.54, 1.807) is 0 Å². The second-order valence-corrected chi connectivity index (χ2v) is 4.36. The maximum Gasteiger partial charge on any atom is 0.223 e. The standard InChI is InChI=1S/C12H23NO2/c1-4-10(5-2)12(14)13-9(3)11-7-6-8-15-11/h9-11H,4-8H2,1-3H3,(H,13,14). The van der Waals surface area contributed by atoms with E-state index in [4.69, 9.17) is 4.74 Å². The van der Waals surface area contributed by atoms with Crippen molar-refractivity contribution in [3.8, 4) is 0 Å². The SMILES string of the molecule is CCC(CC)C(=O)NC(C)C1CCCO1. The molecule has 1 rings (SSSR count). The molecule has 1 N–H and O–H groups in total. The topological polar surface area (TPSA) is 38.3 Å². The average Bonchev–Trinajstić information content (AvgIpc) is 2.72. The largest absolute Gasteiger partial charge is 0.376 e. The predicted octanol–water partition coefficient (Wildman–Crippen LogP) is 2.11. The lowest BCUT2D eigenvalue weighted by atomic mass is 10.0. The van der Waals surface area contributed by atoms with Crippen LogP contribution in [0.1, 0.15) is 46.5 Å². The molecule has 1 amide bonds. The summed E-state index contributed by atoms with van der Waals surface area (Å²) in [5.41, 5.74) is 0. The van der Waals surface area contributed by atoms with E-state index >= 15 is 0 Å². The molecule has 0 spiro atoms. The number of rotatable bonds is 5. The van der Waals surface area contributed by atoms with Crippen LogP contribution in [0.5, 0.6) is 0 Å². The van der Waals surface area contributed by atoms with Crippen molar-refractivity contribution in [2.45, 2.75) is 58.6 Å². The first-order valence-corrected chi connectivity index (χ1v) is 6.11. The van der Waals surface area contributed by atoms with Gasteiger partial charge in [-0.3, -0.25) is 4.79 Å². The fourth-order valence-electron chi connectivity index (χ4n) is 2.09. The van der Waals surface area contributed by atoms with E-state index in [2.05, 4.69) is 19.2 Å². The lowest BCUT2D eigenvalue weighted by molar-refractivity contribution is -0.126. The zero-order valence-corrected chi connectivity index (χ0v) is 10.1. The second-order valence-electron chi connectivity index (χ2n) is 4.36. The van der Waals surface area contributed by atoms with E-state index in [0.717, 1.165) is 32.3 Å². The third kappa shape index (κ3) is 3.49. The van der Waals surface area contributed by atoms with Gasteiger partial charge in [0.15, 0.2) is 0 Å².